The lowest BCUT2D eigenvalue weighted by molar-refractivity contribution is -0.119. The largest absolute Gasteiger partial charge is 0.497 e. The highest BCUT2D eigenvalue weighted by Crippen LogP contribution is 2.35. The molecule has 4 rings (SSSR count). The first-order chi connectivity index (χ1) is 17.7. The Hall–Kier alpha value is -3.56. The maximum atomic E-state index is 13.7. The highest BCUT2D eigenvalue weighted by atomic mass is 35.5. The minimum Gasteiger partial charge on any atom is -0.497 e. The molecule has 0 saturated heterocycles. The van der Waals surface area contributed by atoms with Gasteiger partial charge in [-0.15, -0.1) is 0 Å². The van der Waals surface area contributed by atoms with Crippen LogP contribution in [0.15, 0.2) is 70.7 Å². The molecule has 1 N–H and O–H groups in total. The summed E-state index contributed by atoms with van der Waals surface area (Å²) < 4.78 is 39.1. The first-order valence-electron chi connectivity index (χ1n) is 11.7. The number of nitrogens with one attached hydrogen (secondary N) is 1. The molecule has 0 heterocycles. The summed E-state index contributed by atoms with van der Waals surface area (Å²) in [5, 5.41) is 4.65. The third-order valence-corrected chi connectivity index (χ3v) is 8.11. The fraction of sp³-hybridized carbons (Fsp3) is 0.259. The van der Waals surface area contributed by atoms with E-state index in [1.807, 2.05) is 25.1 Å². The number of sulfonamides is 1. The number of amides is 1. The number of benzene rings is 3. The number of anilines is 1. The third kappa shape index (κ3) is 5.89. The van der Waals surface area contributed by atoms with Crippen LogP contribution in [0, 0.1) is 6.92 Å². The Morgan fingerprint density at radius 3 is 2.49 bits per heavy atom. The number of hydrogen-bond acceptors (Lipinski definition) is 6. The second-order valence-electron chi connectivity index (χ2n) is 8.61. The molecule has 0 aliphatic heterocycles. The predicted octanol–water partition coefficient (Wildman–Crippen LogP) is 4.72. The van der Waals surface area contributed by atoms with Crippen molar-refractivity contribution in [3.8, 4) is 11.5 Å². The Morgan fingerprint density at radius 1 is 1.03 bits per heavy atom. The van der Waals surface area contributed by atoms with Crippen LogP contribution in [0.25, 0.3) is 0 Å². The normalized spacial score (nSPS) is 14.1. The van der Waals surface area contributed by atoms with Crippen molar-refractivity contribution >= 4 is 38.9 Å². The molecule has 8 nitrogen and oxygen atoms in total. The van der Waals surface area contributed by atoms with Gasteiger partial charge in [0.25, 0.3) is 15.9 Å². The van der Waals surface area contributed by atoms with Crippen LogP contribution in [0.1, 0.15) is 29.5 Å². The number of hydrogen-bond donors (Lipinski definition) is 1. The average Bonchev–Trinajstić information content (AvgIpc) is 2.90. The number of nitrogens with zero attached hydrogens (tertiary/aromatic N) is 2. The van der Waals surface area contributed by atoms with E-state index < -0.39 is 22.5 Å². The molecular formula is C27H28ClN3O5S. The second kappa shape index (κ2) is 11.2. The summed E-state index contributed by atoms with van der Waals surface area (Å²) in [7, 11) is -1.11. The summed E-state index contributed by atoms with van der Waals surface area (Å²) in [5.41, 5.74) is 6.35. The Bertz CT molecular complexity index is 1440. The molecule has 1 aliphatic carbocycles. The van der Waals surface area contributed by atoms with Crippen LogP contribution in [0.2, 0.25) is 5.02 Å². The van der Waals surface area contributed by atoms with Crippen molar-refractivity contribution in [2.24, 2.45) is 5.10 Å². The molecule has 0 unspecified atom stereocenters. The van der Waals surface area contributed by atoms with Crippen molar-refractivity contribution in [3.63, 3.8) is 0 Å². The third-order valence-electron chi connectivity index (χ3n) is 6.10. The van der Waals surface area contributed by atoms with E-state index in [9.17, 15) is 13.2 Å². The Kier molecular flexibility index (Phi) is 8.04. The molecule has 3 aromatic carbocycles. The Balaban J connectivity index is 1.65. The zero-order chi connectivity index (χ0) is 26.6. The van der Waals surface area contributed by atoms with Gasteiger partial charge in [-0.2, -0.15) is 5.10 Å². The number of methoxy groups -OCH3 is 2. The van der Waals surface area contributed by atoms with Gasteiger partial charge in [0.15, 0.2) is 0 Å². The summed E-state index contributed by atoms with van der Waals surface area (Å²) in [4.78, 5) is 13.1. The second-order valence-corrected chi connectivity index (χ2v) is 10.9. The molecule has 3 aromatic rings. The number of halogens is 1. The Morgan fingerprint density at radius 2 is 1.78 bits per heavy atom. The molecule has 0 radical (unpaired) electrons. The fourth-order valence-electron chi connectivity index (χ4n) is 4.17. The van der Waals surface area contributed by atoms with Crippen LogP contribution < -0.4 is 19.2 Å². The number of carbonyl (C=O) groups excluding carboxylic acids is 1. The molecule has 1 aliphatic rings. The van der Waals surface area contributed by atoms with Gasteiger partial charge < -0.3 is 9.47 Å². The van der Waals surface area contributed by atoms with Crippen LogP contribution in [0.4, 0.5) is 5.69 Å². The number of ether oxygens (including phenoxy) is 2. The maximum absolute atomic E-state index is 13.7. The monoisotopic (exact) mass is 541 g/mol. The predicted molar refractivity (Wildman–Crippen MR) is 144 cm³/mol. The molecule has 0 saturated carbocycles. The van der Waals surface area contributed by atoms with Crippen LogP contribution >= 0.6 is 11.6 Å². The summed E-state index contributed by atoms with van der Waals surface area (Å²) in [6.45, 7) is 1.33. The smallest absolute Gasteiger partial charge is 0.264 e. The Labute approximate surface area is 221 Å². The zero-order valence-corrected chi connectivity index (χ0v) is 22.4. The number of rotatable bonds is 8. The van der Waals surface area contributed by atoms with Gasteiger partial charge in [-0.3, -0.25) is 9.10 Å². The van der Waals surface area contributed by atoms with E-state index in [1.54, 1.807) is 31.4 Å². The minimum atomic E-state index is -4.14. The summed E-state index contributed by atoms with van der Waals surface area (Å²) in [6.07, 6.45) is 2.45. The van der Waals surface area contributed by atoms with E-state index in [0.29, 0.717) is 11.4 Å². The molecule has 0 bridgehead atoms. The summed E-state index contributed by atoms with van der Waals surface area (Å²) in [6, 6.07) is 16.7. The van der Waals surface area contributed by atoms with Crippen molar-refractivity contribution in [3.05, 3.63) is 82.4 Å². The van der Waals surface area contributed by atoms with E-state index in [0.717, 1.165) is 45.3 Å². The number of aryl methyl sites for hydroxylation is 2. The van der Waals surface area contributed by atoms with Gasteiger partial charge in [-0.25, -0.2) is 13.8 Å². The first-order valence-corrected chi connectivity index (χ1v) is 13.5. The molecule has 37 heavy (non-hydrogen) atoms. The van der Waals surface area contributed by atoms with E-state index in [2.05, 4.69) is 10.5 Å². The standard InChI is InChI=1S/C27H28ClN3O5S/c1-18-7-11-22(12-8-18)37(33,34)31(25-16-20(28)9-14-26(25)36-3)17-27(32)30-29-24-6-4-5-19-15-21(35-2)10-13-23(19)24/h7-16H,4-6,17H2,1-3H3,(H,30,32). The summed E-state index contributed by atoms with van der Waals surface area (Å²) >= 11 is 6.20. The minimum absolute atomic E-state index is 0.0365. The van der Waals surface area contributed by atoms with E-state index in [-0.39, 0.29) is 16.3 Å². The van der Waals surface area contributed by atoms with Gasteiger partial charge in [0.05, 0.1) is 30.5 Å². The number of carbonyl (C=O) groups is 1. The van der Waals surface area contributed by atoms with E-state index >= 15 is 0 Å². The lowest BCUT2D eigenvalue weighted by Crippen LogP contribution is -2.40. The van der Waals surface area contributed by atoms with Gasteiger partial charge in [-0.05, 0) is 80.3 Å². The van der Waals surface area contributed by atoms with Gasteiger partial charge >= 0.3 is 0 Å². The van der Waals surface area contributed by atoms with Crippen molar-refractivity contribution < 1.29 is 22.7 Å². The topological polar surface area (TPSA) is 97.3 Å². The van der Waals surface area contributed by atoms with Gasteiger partial charge in [0.1, 0.15) is 18.0 Å². The first kappa shape index (κ1) is 26.5. The number of hydrazone groups is 1. The van der Waals surface area contributed by atoms with E-state index in [1.165, 1.54) is 25.3 Å². The summed E-state index contributed by atoms with van der Waals surface area (Å²) in [5.74, 6) is 0.414. The molecule has 1 amide bonds. The van der Waals surface area contributed by atoms with Gasteiger partial charge in [-0.1, -0.05) is 29.3 Å². The van der Waals surface area contributed by atoms with Crippen LogP contribution in [-0.2, 0) is 21.2 Å². The molecular weight excluding hydrogens is 514 g/mol. The highest BCUT2D eigenvalue weighted by Gasteiger charge is 2.30. The van der Waals surface area contributed by atoms with Crippen LogP contribution in [0.3, 0.4) is 0 Å². The van der Waals surface area contributed by atoms with E-state index in [4.69, 9.17) is 21.1 Å². The van der Waals surface area contributed by atoms with Crippen molar-refractivity contribution in [2.75, 3.05) is 25.1 Å². The molecule has 0 spiro atoms. The average molecular weight is 542 g/mol. The maximum Gasteiger partial charge on any atom is 0.264 e. The molecule has 194 valence electrons. The molecule has 0 aromatic heterocycles. The van der Waals surface area contributed by atoms with Gasteiger partial charge in [0, 0.05) is 10.6 Å². The highest BCUT2D eigenvalue weighted by molar-refractivity contribution is 7.92. The van der Waals surface area contributed by atoms with Crippen LogP contribution in [0.5, 0.6) is 11.5 Å². The van der Waals surface area contributed by atoms with Crippen molar-refractivity contribution in [1.29, 1.82) is 0 Å². The molecule has 10 heteroatoms. The zero-order valence-electron chi connectivity index (χ0n) is 20.8. The van der Waals surface area contributed by atoms with Crippen molar-refractivity contribution in [1.82, 2.24) is 5.43 Å². The quantitative estimate of drug-likeness (QED) is 0.416. The lowest BCUT2D eigenvalue weighted by atomic mass is 9.90. The van der Waals surface area contributed by atoms with Crippen LogP contribution in [-0.4, -0.2) is 40.8 Å². The lowest BCUT2D eigenvalue weighted by Gasteiger charge is -2.25. The SMILES string of the molecule is COc1ccc2c(c1)CCCC2=NNC(=O)CN(c1cc(Cl)ccc1OC)S(=O)(=O)c1ccc(C)cc1. The van der Waals surface area contributed by atoms with Crippen molar-refractivity contribution in [2.45, 2.75) is 31.1 Å². The van der Waals surface area contributed by atoms with Gasteiger partial charge in [0.2, 0.25) is 0 Å². The molecule has 0 fully saturated rings. The number of fused-ring (bicyclic) bond motifs is 1. The molecule has 0 atom stereocenters. The fourth-order valence-corrected chi connectivity index (χ4v) is 5.76.